The average Bonchev–Trinajstić information content (AvgIpc) is 3.19. The Morgan fingerprint density at radius 1 is 1.21 bits per heavy atom. The Bertz CT molecular complexity index is 779. The highest BCUT2D eigenvalue weighted by Crippen LogP contribution is 2.22. The topological polar surface area (TPSA) is 66.0 Å². The summed E-state index contributed by atoms with van der Waals surface area (Å²) in [4.78, 5) is 19.1. The van der Waals surface area contributed by atoms with Crippen LogP contribution in [0.4, 0.5) is 0 Å². The Balaban J connectivity index is 1.90. The van der Waals surface area contributed by atoms with Crippen LogP contribution in [0.15, 0.2) is 40.7 Å². The molecule has 0 saturated carbocycles. The van der Waals surface area contributed by atoms with Crippen LogP contribution >= 0.6 is 22.9 Å². The predicted molar refractivity (Wildman–Crippen MR) is 117 cm³/mol. The number of likely N-dealkylation sites (N-methyl/N-ethyl adjacent to an activating group) is 1. The van der Waals surface area contributed by atoms with Gasteiger partial charge in [-0.3, -0.25) is 4.79 Å². The van der Waals surface area contributed by atoms with Gasteiger partial charge in [-0.15, -0.1) is 11.3 Å². The van der Waals surface area contributed by atoms with Crippen molar-refractivity contribution in [2.75, 3.05) is 40.8 Å². The standard InChI is InChI=1S/C20H27ClN4O2S/c1-25(2)19(26)14-24-20(23-11-9-17-5-4-12-28-17)22-10-8-15-6-7-16(27-3)13-18(15)21/h4-7,12-13H,8-11,14H2,1-3H3,(H2,22,23,24). The number of nitrogens with one attached hydrogen (secondary N) is 2. The van der Waals surface area contributed by atoms with Crippen LogP contribution < -0.4 is 15.4 Å². The summed E-state index contributed by atoms with van der Waals surface area (Å²) in [5, 5.41) is 9.31. The molecule has 2 aromatic rings. The van der Waals surface area contributed by atoms with Crippen molar-refractivity contribution in [2.24, 2.45) is 4.99 Å². The van der Waals surface area contributed by atoms with Gasteiger partial charge in [-0.25, -0.2) is 4.99 Å². The van der Waals surface area contributed by atoms with Crippen molar-refractivity contribution < 1.29 is 9.53 Å². The summed E-state index contributed by atoms with van der Waals surface area (Å²) in [5.74, 6) is 1.32. The smallest absolute Gasteiger partial charge is 0.243 e. The summed E-state index contributed by atoms with van der Waals surface area (Å²) in [6.07, 6.45) is 1.64. The molecule has 0 aliphatic rings. The largest absolute Gasteiger partial charge is 0.497 e. The van der Waals surface area contributed by atoms with E-state index in [1.807, 2.05) is 18.2 Å². The lowest BCUT2D eigenvalue weighted by molar-refractivity contribution is -0.127. The fourth-order valence-corrected chi connectivity index (χ4v) is 3.37. The van der Waals surface area contributed by atoms with Crippen LogP contribution in [0.3, 0.4) is 0 Å². The number of benzene rings is 1. The Labute approximate surface area is 175 Å². The zero-order valence-corrected chi connectivity index (χ0v) is 18.1. The van der Waals surface area contributed by atoms with Gasteiger partial charge in [0, 0.05) is 37.1 Å². The Morgan fingerprint density at radius 3 is 2.57 bits per heavy atom. The molecule has 0 unspecified atom stereocenters. The lowest BCUT2D eigenvalue weighted by Crippen LogP contribution is -2.40. The van der Waals surface area contributed by atoms with Gasteiger partial charge < -0.3 is 20.3 Å². The normalized spacial score (nSPS) is 11.2. The maximum absolute atomic E-state index is 11.8. The number of hydrogen-bond donors (Lipinski definition) is 2. The molecule has 0 bridgehead atoms. The average molecular weight is 423 g/mol. The van der Waals surface area contributed by atoms with Crippen molar-refractivity contribution in [3.8, 4) is 5.75 Å². The van der Waals surface area contributed by atoms with Crippen LogP contribution in [-0.4, -0.2) is 57.6 Å². The monoisotopic (exact) mass is 422 g/mol. The van der Waals surface area contributed by atoms with E-state index in [0.29, 0.717) is 17.5 Å². The third-order valence-corrected chi connectivity index (χ3v) is 5.35. The minimum absolute atomic E-state index is 0.0439. The van der Waals surface area contributed by atoms with Gasteiger partial charge in [-0.1, -0.05) is 23.7 Å². The van der Waals surface area contributed by atoms with Gasteiger partial charge in [-0.2, -0.15) is 0 Å². The number of rotatable bonds is 9. The van der Waals surface area contributed by atoms with Crippen LogP contribution in [0.5, 0.6) is 5.75 Å². The lowest BCUT2D eigenvalue weighted by atomic mass is 10.1. The number of hydrogen-bond acceptors (Lipinski definition) is 4. The number of halogens is 1. The van der Waals surface area contributed by atoms with Gasteiger partial charge in [0.2, 0.25) is 5.91 Å². The summed E-state index contributed by atoms with van der Waals surface area (Å²) in [5.41, 5.74) is 1.03. The Kier molecular flexibility index (Phi) is 9.10. The number of carbonyl (C=O) groups excluding carboxylic acids is 1. The number of guanidine groups is 1. The van der Waals surface area contributed by atoms with Crippen LogP contribution in [-0.2, 0) is 17.6 Å². The molecule has 0 atom stereocenters. The SMILES string of the molecule is COc1ccc(CCNC(=NCC(=O)N(C)C)NCCc2cccs2)c(Cl)c1. The van der Waals surface area contributed by atoms with Crippen molar-refractivity contribution in [3.63, 3.8) is 0 Å². The fraction of sp³-hybridized carbons (Fsp3) is 0.400. The molecule has 0 saturated heterocycles. The van der Waals surface area contributed by atoms with E-state index in [2.05, 4.69) is 27.1 Å². The highest BCUT2D eigenvalue weighted by atomic mass is 35.5. The quantitative estimate of drug-likeness (QED) is 0.481. The first kappa shape index (κ1) is 22.0. The third kappa shape index (κ3) is 7.40. The summed E-state index contributed by atoms with van der Waals surface area (Å²) in [6, 6.07) is 9.81. The lowest BCUT2D eigenvalue weighted by Gasteiger charge is -2.14. The number of aliphatic imine (C=N–C) groups is 1. The van der Waals surface area contributed by atoms with Crippen molar-refractivity contribution in [1.82, 2.24) is 15.5 Å². The first-order valence-corrected chi connectivity index (χ1v) is 10.3. The van der Waals surface area contributed by atoms with Gasteiger partial charge >= 0.3 is 0 Å². The van der Waals surface area contributed by atoms with E-state index in [1.54, 1.807) is 38.6 Å². The van der Waals surface area contributed by atoms with Gasteiger partial charge in [0.05, 0.1) is 7.11 Å². The number of ether oxygens (including phenoxy) is 1. The molecule has 28 heavy (non-hydrogen) atoms. The van der Waals surface area contributed by atoms with E-state index in [9.17, 15) is 4.79 Å². The van der Waals surface area contributed by atoms with Crippen molar-refractivity contribution in [3.05, 3.63) is 51.2 Å². The first-order chi connectivity index (χ1) is 13.5. The van der Waals surface area contributed by atoms with Crippen LogP contribution in [0, 0.1) is 0 Å². The molecule has 0 fully saturated rings. The highest BCUT2D eigenvalue weighted by Gasteiger charge is 2.06. The summed E-state index contributed by atoms with van der Waals surface area (Å²) in [6.45, 7) is 1.49. The molecule has 1 aromatic heterocycles. The number of thiophene rings is 1. The molecular weight excluding hydrogens is 396 g/mol. The molecule has 2 rings (SSSR count). The molecule has 0 aliphatic heterocycles. The molecule has 0 spiro atoms. The predicted octanol–water partition coefficient (Wildman–Crippen LogP) is 2.82. The Hall–Kier alpha value is -2.25. The van der Waals surface area contributed by atoms with Gasteiger partial charge in [-0.05, 0) is 42.0 Å². The van der Waals surface area contributed by atoms with Gasteiger partial charge in [0.15, 0.2) is 5.96 Å². The minimum Gasteiger partial charge on any atom is -0.497 e. The number of carbonyl (C=O) groups is 1. The molecule has 152 valence electrons. The second-order valence-corrected chi connectivity index (χ2v) is 7.78. The summed E-state index contributed by atoms with van der Waals surface area (Å²) in [7, 11) is 5.06. The Morgan fingerprint density at radius 2 is 1.96 bits per heavy atom. The second kappa shape index (κ2) is 11.6. The molecule has 0 radical (unpaired) electrons. The minimum atomic E-state index is -0.0439. The molecule has 1 heterocycles. The molecule has 6 nitrogen and oxygen atoms in total. The summed E-state index contributed by atoms with van der Waals surface area (Å²) >= 11 is 8.03. The molecule has 8 heteroatoms. The maximum Gasteiger partial charge on any atom is 0.243 e. The van der Waals surface area contributed by atoms with Crippen molar-refractivity contribution in [2.45, 2.75) is 12.8 Å². The van der Waals surface area contributed by atoms with Gasteiger partial charge in [0.1, 0.15) is 12.3 Å². The van der Waals surface area contributed by atoms with Crippen LogP contribution in [0.1, 0.15) is 10.4 Å². The number of nitrogens with zero attached hydrogens (tertiary/aromatic N) is 2. The van der Waals surface area contributed by atoms with Gasteiger partial charge in [0.25, 0.3) is 0 Å². The zero-order valence-electron chi connectivity index (χ0n) is 16.5. The molecule has 0 aliphatic carbocycles. The molecule has 1 aromatic carbocycles. The van der Waals surface area contributed by atoms with E-state index < -0.39 is 0 Å². The van der Waals surface area contributed by atoms with E-state index in [0.717, 1.165) is 30.7 Å². The van der Waals surface area contributed by atoms with Crippen molar-refractivity contribution in [1.29, 1.82) is 0 Å². The van der Waals surface area contributed by atoms with E-state index >= 15 is 0 Å². The third-order valence-electron chi connectivity index (χ3n) is 4.06. The number of amides is 1. The highest BCUT2D eigenvalue weighted by molar-refractivity contribution is 7.09. The van der Waals surface area contributed by atoms with Crippen LogP contribution in [0.2, 0.25) is 5.02 Å². The first-order valence-electron chi connectivity index (χ1n) is 9.06. The van der Waals surface area contributed by atoms with E-state index in [-0.39, 0.29) is 12.5 Å². The molecule has 1 amide bonds. The number of methoxy groups -OCH3 is 1. The van der Waals surface area contributed by atoms with E-state index in [4.69, 9.17) is 16.3 Å². The summed E-state index contributed by atoms with van der Waals surface area (Å²) < 4.78 is 5.18. The van der Waals surface area contributed by atoms with Crippen molar-refractivity contribution >= 4 is 34.8 Å². The fourth-order valence-electron chi connectivity index (χ4n) is 2.39. The zero-order chi connectivity index (χ0) is 20.4. The van der Waals surface area contributed by atoms with Crippen LogP contribution in [0.25, 0.3) is 0 Å². The molecule has 2 N–H and O–H groups in total. The second-order valence-electron chi connectivity index (χ2n) is 6.34. The van der Waals surface area contributed by atoms with E-state index in [1.165, 1.54) is 9.78 Å². The maximum atomic E-state index is 11.8. The molecular formula is C20H27ClN4O2S.